The summed E-state index contributed by atoms with van der Waals surface area (Å²) in [6.45, 7) is 3.40. The van der Waals surface area contributed by atoms with E-state index in [1.54, 1.807) is 41.3 Å². The van der Waals surface area contributed by atoms with Crippen molar-refractivity contribution < 1.29 is 22.7 Å². The van der Waals surface area contributed by atoms with Crippen molar-refractivity contribution in [2.75, 3.05) is 35.5 Å². The number of nitrogens with zero attached hydrogens (tertiary/aromatic N) is 2. The number of hydrogen-bond acceptors (Lipinski definition) is 5. The van der Waals surface area contributed by atoms with Gasteiger partial charge < -0.3 is 15.0 Å². The number of fused-ring (bicyclic) bond motifs is 1. The molecular weight excluding hydrogens is 430 g/mol. The van der Waals surface area contributed by atoms with Gasteiger partial charge in [0.05, 0.1) is 23.2 Å². The molecule has 9 heteroatoms. The van der Waals surface area contributed by atoms with Crippen LogP contribution in [0.25, 0.3) is 0 Å². The van der Waals surface area contributed by atoms with E-state index in [0.29, 0.717) is 35.8 Å². The van der Waals surface area contributed by atoms with Crippen LogP contribution in [-0.4, -0.2) is 57.1 Å². The lowest BCUT2D eigenvalue weighted by Gasteiger charge is -2.21. The Morgan fingerprint density at radius 2 is 1.78 bits per heavy atom. The van der Waals surface area contributed by atoms with Crippen LogP contribution in [0.1, 0.15) is 35.2 Å². The lowest BCUT2D eigenvalue weighted by molar-refractivity contribution is -0.122. The smallest absolute Gasteiger partial charge is 0.265 e. The fourth-order valence-corrected chi connectivity index (χ4v) is 5.04. The summed E-state index contributed by atoms with van der Waals surface area (Å²) in [5.74, 6) is -0.196. The third-order valence-corrected chi connectivity index (χ3v) is 6.93. The van der Waals surface area contributed by atoms with E-state index in [9.17, 15) is 18.0 Å². The Hall–Kier alpha value is -3.07. The van der Waals surface area contributed by atoms with E-state index in [4.69, 9.17) is 4.74 Å². The van der Waals surface area contributed by atoms with Gasteiger partial charge in [-0.3, -0.25) is 13.9 Å². The number of para-hydroxylation sites is 1. The van der Waals surface area contributed by atoms with Crippen LogP contribution in [0.15, 0.2) is 42.5 Å². The van der Waals surface area contributed by atoms with Gasteiger partial charge in [-0.25, -0.2) is 8.42 Å². The lowest BCUT2D eigenvalue weighted by atomic mass is 10.1. The van der Waals surface area contributed by atoms with Gasteiger partial charge in [0.25, 0.3) is 11.8 Å². The minimum absolute atomic E-state index is 0.107. The molecule has 1 atom stereocenters. The lowest BCUT2D eigenvalue weighted by Crippen LogP contribution is -2.36. The Morgan fingerprint density at radius 3 is 2.50 bits per heavy atom. The number of amides is 2. The van der Waals surface area contributed by atoms with Crippen molar-refractivity contribution in [3.8, 4) is 5.75 Å². The van der Waals surface area contributed by atoms with E-state index in [0.717, 1.165) is 24.7 Å². The maximum absolute atomic E-state index is 13.1. The Labute approximate surface area is 188 Å². The second-order valence-corrected chi connectivity index (χ2v) is 10.1. The molecule has 0 unspecified atom stereocenters. The largest absolute Gasteiger partial charge is 0.478 e. The SMILES string of the molecule is Cc1ccc2c(c1)N(S(C)(=O)=O)CC[C@@H](C(=O)Nc1ccccc1C(=O)N1CCCC1)O2. The topological polar surface area (TPSA) is 96.0 Å². The molecule has 4 rings (SSSR count). The summed E-state index contributed by atoms with van der Waals surface area (Å²) in [6.07, 6.45) is 2.37. The molecule has 0 spiro atoms. The minimum atomic E-state index is -3.54. The normalized spacial score (nSPS) is 18.5. The Morgan fingerprint density at radius 1 is 1.06 bits per heavy atom. The van der Waals surface area contributed by atoms with Crippen LogP contribution in [-0.2, 0) is 14.8 Å². The minimum Gasteiger partial charge on any atom is -0.478 e. The van der Waals surface area contributed by atoms with Crippen molar-refractivity contribution in [1.82, 2.24) is 4.90 Å². The first-order valence-electron chi connectivity index (χ1n) is 10.7. The molecule has 32 heavy (non-hydrogen) atoms. The van der Waals surface area contributed by atoms with Crippen LogP contribution in [0.4, 0.5) is 11.4 Å². The molecule has 2 aliphatic heterocycles. The number of aryl methyl sites for hydroxylation is 1. The number of rotatable bonds is 4. The number of anilines is 2. The standard InChI is InChI=1S/C23H27N3O5S/c1-16-9-10-20-19(15-16)26(32(2,29)30)14-11-21(31-20)22(27)24-18-8-4-3-7-17(18)23(28)25-12-5-6-13-25/h3-4,7-10,15,21H,5-6,11-14H2,1-2H3,(H,24,27)/t21-/m0/s1. The number of carbonyl (C=O) groups is 2. The molecule has 1 N–H and O–H groups in total. The van der Waals surface area contributed by atoms with Gasteiger partial charge in [0.15, 0.2) is 6.10 Å². The van der Waals surface area contributed by atoms with Gasteiger partial charge in [-0.1, -0.05) is 18.2 Å². The van der Waals surface area contributed by atoms with Crippen LogP contribution in [0.2, 0.25) is 0 Å². The molecule has 2 amide bonds. The van der Waals surface area contributed by atoms with E-state index < -0.39 is 22.0 Å². The first-order chi connectivity index (χ1) is 15.2. The van der Waals surface area contributed by atoms with Gasteiger partial charge >= 0.3 is 0 Å². The molecule has 0 bridgehead atoms. The highest BCUT2D eigenvalue weighted by Crippen LogP contribution is 2.35. The second kappa shape index (κ2) is 8.82. The van der Waals surface area contributed by atoms with Crippen LogP contribution in [0.5, 0.6) is 5.75 Å². The number of nitrogens with one attached hydrogen (secondary N) is 1. The molecule has 2 aliphatic rings. The second-order valence-electron chi connectivity index (χ2n) is 8.24. The van der Waals surface area contributed by atoms with E-state index in [2.05, 4.69) is 5.32 Å². The average Bonchev–Trinajstić information content (AvgIpc) is 3.21. The number of carbonyl (C=O) groups excluding carboxylic acids is 2. The quantitative estimate of drug-likeness (QED) is 0.762. The molecule has 0 saturated carbocycles. The first kappa shape index (κ1) is 22.1. The maximum Gasteiger partial charge on any atom is 0.265 e. The molecule has 2 aromatic rings. The molecular formula is C23H27N3O5S. The summed E-state index contributed by atoms with van der Waals surface area (Å²) >= 11 is 0. The van der Waals surface area contributed by atoms with Crippen molar-refractivity contribution in [2.24, 2.45) is 0 Å². The van der Waals surface area contributed by atoms with Gasteiger partial charge in [-0.15, -0.1) is 0 Å². The summed E-state index contributed by atoms with van der Waals surface area (Å²) in [5, 5.41) is 2.83. The highest BCUT2D eigenvalue weighted by atomic mass is 32.2. The molecule has 2 aromatic carbocycles. The molecule has 1 fully saturated rings. The van der Waals surface area contributed by atoms with Crippen molar-refractivity contribution in [3.63, 3.8) is 0 Å². The summed E-state index contributed by atoms with van der Waals surface area (Å²) in [7, 11) is -3.54. The van der Waals surface area contributed by atoms with E-state index in [1.165, 1.54) is 4.31 Å². The van der Waals surface area contributed by atoms with Gasteiger partial charge in [0, 0.05) is 26.1 Å². The molecule has 0 aromatic heterocycles. The van der Waals surface area contributed by atoms with E-state index in [1.807, 2.05) is 13.0 Å². The number of likely N-dealkylation sites (tertiary alicyclic amines) is 1. The maximum atomic E-state index is 13.1. The van der Waals surface area contributed by atoms with Gasteiger partial charge in [-0.05, 0) is 49.6 Å². The predicted molar refractivity (Wildman–Crippen MR) is 123 cm³/mol. The molecule has 0 aliphatic carbocycles. The highest BCUT2D eigenvalue weighted by Gasteiger charge is 2.32. The van der Waals surface area contributed by atoms with Gasteiger partial charge in [-0.2, -0.15) is 0 Å². The van der Waals surface area contributed by atoms with Crippen molar-refractivity contribution in [1.29, 1.82) is 0 Å². The number of benzene rings is 2. The van der Waals surface area contributed by atoms with Crippen molar-refractivity contribution >= 4 is 33.2 Å². The molecule has 170 valence electrons. The zero-order valence-electron chi connectivity index (χ0n) is 18.2. The summed E-state index contributed by atoms with van der Waals surface area (Å²) in [6, 6.07) is 12.1. The van der Waals surface area contributed by atoms with Gasteiger partial charge in [0.2, 0.25) is 10.0 Å². The molecule has 8 nitrogen and oxygen atoms in total. The third kappa shape index (κ3) is 4.57. The number of ether oxygens (including phenoxy) is 1. The summed E-state index contributed by atoms with van der Waals surface area (Å²) in [5.41, 5.74) is 2.17. The fourth-order valence-electron chi connectivity index (χ4n) is 4.10. The fraction of sp³-hybridized carbons (Fsp3) is 0.391. The van der Waals surface area contributed by atoms with Crippen LogP contribution >= 0.6 is 0 Å². The van der Waals surface area contributed by atoms with E-state index in [-0.39, 0.29) is 18.9 Å². The Kier molecular flexibility index (Phi) is 6.10. The monoisotopic (exact) mass is 457 g/mol. The number of hydrogen-bond donors (Lipinski definition) is 1. The van der Waals surface area contributed by atoms with Crippen LogP contribution < -0.4 is 14.4 Å². The summed E-state index contributed by atoms with van der Waals surface area (Å²) < 4.78 is 31.9. The molecule has 2 heterocycles. The summed E-state index contributed by atoms with van der Waals surface area (Å²) in [4.78, 5) is 27.8. The zero-order valence-corrected chi connectivity index (χ0v) is 19.0. The molecule has 1 saturated heterocycles. The average molecular weight is 458 g/mol. The van der Waals surface area contributed by atoms with Crippen molar-refractivity contribution in [3.05, 3.63) is 53.6 Å². The van der Waals surface area contributed by atoms with E-state index >= 15 is 0 Å². The zero-order chi connectivity index (χ0) is 22.9. The number of sulfonamides is 1. The van der Waals surface area contributed by atoms with Crippen molar-refractivity contribution in [2.45, 2.75) is 32.3 Å². The predicted octanol–water partition coefficient (Wildman–Crippen LogP) is 2.79. The van der Waals surface area contributed by atoms with Crippen LogP contribution in [0.3, 0.4) is 0 Å². The highest BCUT2D eigenvalue weighted by molar-refractivity contribution is 7.92. The Balaban J connectivity index is 1.57. The van der Waals surface area contributed by atoms with Gasteiger partial charge in [0.1, 0.15) is 5.75 Å². The van der Waals surface area contributed by atoms with Crippen LogP contribution in [0, 0.1) is 6.92 Å². The first-order valence-corrected chi connectivity index (χ1v) is 12.5. The third-order valence-electron chi connectivity index (χ3n) is 5.75. The Bertz CT molecular complexity index is 1140. The molecule has 0 radical (unpaired) electrons.